The van der Waals surface area contributed by atoms with Crippen LogP contribution in [0.4, 0.5) is 5.69 Å². The number of nitro groups is 1. The number of carbonyl (C=O) groups excluding carboxylic acids is 6. The number of Topliss-reactive ketones (excluding diaryl/α,β-unsaturated/α-hetero) is 4. The molecule has 66 heavy (non-hydrogen) atoms. The van der Waals surface area contributed by atoms with Crippen LogP contribution in [0.15, 0.2) is 78.9 Å². The van der Waals surface area contributed by atoms with Gasteiger partial charge in [0.05, 0.1) is 33.1 Å². The molecule has 11 heteroatoms. The number of esters is 1. The van der Waals surface area contributed by atoms with E-state index in [1.807, 2.05) is 38.1 Å². The maximum atomic E-state index is 15.8. The van der Waals surface area contributed by atoms with E-state index in [1.54, 1.807) is 55.4 Å². The number of hydrogen-bond acceptors (Lipinski definition) is 9. The third-order valence-corrected chi connectivity index (χ3v) is 15.8. The molecule has 0 spiro atoms. The smallest absolute Gasteiger partial charge is 0.319 e. The van der Waals surface area contributed by atoms with E-state index in [2.05, 4.69) is 35.6 Å². The van der Waals surface area contributed by atoms with Gasteiger partial charge in [-0.1, -0.05) is 124 Å². The fraction of sp³-hybridized carbons (Fsp3) is 0.491. The Morgan fingerprint density at radius 2 is 0.939 bits per heavy atom. The molecule has 0 aliphatic carbocycles. The number of ketones is 4. The molecule has 11 nitrogen and oxygen atoms in total. The Bertz CT molecular complexity index is 2590. The van der Waals surface area contributed by atoms with Crippen molar-refractivity contribution < 1.29 is 38.4 Å². The first-order chi connectivity index (χ1) is 31.5. The molecule has 1 amide bonds. The molecule has 0 heterocycles. The summed E-state index contributed by atoms with van der Waals surface area (Å²) in [6, 6.07) is 24.0. The molecule has 0 aliphatic heterocycles. The lowest BCUT2D eigenvalue weighted by Crippen LogP contribution is -2.64. The average Bonchev–Trinajstić information content (AvgIpc) is 3.34. The summed E-state index contributed by atoms with van der Waals surface area (Å²) in [6.45, 7) is 17.2. The monoisotopic (exact) mass is 900 g/mol. The van der Waals surface area contributed by atoms with E-state index < -0.39 is 61.2 Å². The van der Waals surface area contributed by atoms with Gasteiger partial charge in [-0.3, -0.25) is 38.9 Å². The molecule has 5 rings (SSSR count). The Morgan fingerprint density at radius 1 is 0.515 bits per heavy atom. The molecule has 0 fully saturated rings. The molecular formula is C55H68N2O9. The number of nitro benzene ring substituents is 1. The topological polar surface area (TPSA) is 167 Å². The normalized spacial score (nSPS) is 12.7. The fourth-order valence-electron chi connectivity index (χ4n) is 11.0. The van der Waals surface area contributed by atoms with E-state index >= 15 is 19.2 Å². The summed E-state index contributed by atoms with van der Waals surface area (Å²) in [4.78, 5) is 102. The summed E-state index contributed by atoms with van der Waals surface area (Å²) < 4.78 is 5.76. The number of rotatable bonds is 25. The second-order valence-corrected chi connectivity index (χ2v) is 18.1. The van der Waals surface area contributed by atoms with E-state index in [4.69, 9.17) is 4.74 Å². The Kier molecular flexibility index (Phi) is 15.8. The van der Waals surface area contributed by atoms with Crippen molar-refractivity contribution in [3.8, 4) is 0 Å². The molecule has 1 N–H and O–H groups in total. The molecule has 352 valence electrons. The maximum absolute atomic E-state index is 15.8. The minimum absolute atomic E-state index is 0.000252. The molecule has 0 bridgehead atoms. The van der Waals surface area contributed by atoms with Crippen molar-refractivity contribution in [2.75, 3.05) is 0 Å². The molecule has 0 atom stereocenters. The fourth-order valence-corrected chi connectivity index (χ4v) is 11.0. The van der Waals surface area contributed by atoms with Crippen molar-refractivity contribution in [3.63, 3.8) is 0 Å². The minimum Gasteiger partial charge on any atom is -0.460 e. The van der Waals surface area contributed by atoms with Crippen LogP contribution in [0.1, 0.15) is 145 Å². The second-order valence-electron chi connectivity index (χ2n) is 18.1. The van der Waals surface area contributed by atoms with Crippen LogP contribution < -0.4 is 5.32 Å². The minimum atomic E-state index is -1.79. The number of amides is 1. The van der Waals surface area contributed by atoms with Gasteiger partial charge in [0.15, 0.2) is 23.1 Å². The van der Waals surface area contributed by atoms with Gasteiger partial charge in [-0.2, -0.15) is 0 Å². The number of carbonyl (C=O) groups is 6. The van der Waals surface area contributed by atoms with Gasteiger partial charge in [0.2, 0.25) is 5.91 Å². The van der Waals surface area contributed by atoms with Gasteiger partial charge in [-0.25, -0.2) is 0 Å². The summed E-state index contributed by atoms with van der Waals surface area (Å²) in [5, 5.41) is 20.8. The molecule has 0 saturated heterocycles. The van der Waals surface area contributed by atoms with Crippen molar-refractivity contribution in [3.05, 3.63) is 100 Å². The summed E-state index contributed by atoms with van der Waals surface area (Å²) in [5.41, 5.74) is -7.32. The van der Waals surface area contributed by atoms with Gasteiger partial charge in [0.25, 0.3) is 5.69 Å². The van der Waals surface area contributed by atoms with E-state index in [9.17, 15) is 19.7 Å². The van der Waals surface area contributed by atoms with Crippen molar-refractivity contribution in [2.24, 2.45) is 21.7 Å². The standard InChI is InChI=1S/C55H68N2O9/c1-11-51(12-2,46(59)52(13-3,14-4)48(61)54(17-7,18-8)50(63)66-35-36-24-31-41(32-25-36)57(64)65)47(60)53(15-5,16-6)49(62)55(19-9,20-10)56-43(58)34-40-29-28-39-27-26-37-22-21-23-38-30-33-42(40)45(39)44(37)38/h21-33H,11-20,34-35H2,1-10H3,(H,56,58). The van der Waals surface area contributed by atoms with Crippen LogP contribution in [0.5, 0.6) is 0 Å². The van der Waals surface area contributed by atoms with Crippen molar-refractivity contribution in [1.29, 1.82) is 0 Å². The molecule has 0 aliphatic rings. The molecule has 0 unspecified atom stereocenters. The summed E-state index contributed by atoms with van der Waals surface area (Å²) in [6.07, 6.45) is 0.572. The summed E-state index contributed by atoms with van der Waals surface area (Å²) in [5.74, 6) is -3.42. The number of nitrogens with one attached hydrogen (secondary N) is 1. The zero-order valence-electron chi connectivity index (χ0n) is 40.6. The van der Waals surface area contributed by atoms with E-state index in [-0.39, 0.29) is 88.8 Å². The molecule has 0 saturated carbocycles. The lowest BCUT2D eigenvalue weighted by molar-refractivity contribution is -0.384. The third kappa shape index (κ3) is 8.32. The number of non-ortho nitro benzene ring substituents is 1. The van der Waals surface area contributed by atoms with Crippen LogP contribution in [-0.4, -0.2) is 45.5 Å². The predicted molar refractivity (Wildman–Crippen MR) is 260 cm³/mol. The Hall–Kier alpha value is -5.84. The van der Waals surface area contributed by atoms with Gasteiger partial charge in [0, 0.05) is 12.1 Å². The van der Waals surface area contributed by atoms with Crippen LogP contribution in [-0.2, 0) is 46.5 Å². The molecule has 0 radical (unpaired) electrons. The zero-order valence-corrected chi connectivity index (χ0v) is 40.6. The summed E-state index contributed by atoms with van der Waals surface area (Å²) in [7, 11) is 0. The molecule has 0 aromatic heterocycles. The Labute approximate surface area is 389 Å². The average molecular weight is 901 g/mol. The van der Waals surface area contributed by atoms with Crippen molar-refractivity contribution in [1.82, 2.24) is 5.32 Å². The largest absolute Gasteiger partial charge is 0.460 e. The van der Waals surface area contributed by atoms with E-state index in [0.717, 1.165) is 37.9 Å². The van der Waals surface area contributed by atoms with Crippen LogP contribution in [0, 0.1) is 31.8 Å². The van der Waals surface area contributed by atoms with Crippen LogP contribution in [0.3, 0.4) is 0 Å². The van der Waals surface area contributed by atoms with Crippen LogP contribution in [0.25, 0.3) is 32.3 Å². The quantitative estimate of drug-likeness (QED) is 0.0197. The van der Waals surface area contributed by atoms with Gasteiger partial charge >= 0.3 is 5.97 Å². The maximum Gasteiger partial charge on any atom is 0.319 e. The molecular weight excluding hydrogens is 833 g/mol. The predicted octanol–water partition coefficient (Wildman–Crippen LogP) is 12.0. The first-order valence-electron chi connectivity index (χ1n) is 24.0. The first-order valence-corrected chi connectivity index (χ1v) is 24.0. The molecule has 5 aromatic carbocycles. The lowest BCUT2D eigenvalue weighted by atomic mass is 9.52. The van der Waals surface area contributed by atoms with Crippen molar-refractivity contribution in [2.45, 2.75) is 152 Å². The highest BCUT2D eigenvalue weighted by atomic mass is 16.6. The van der Waals surface area contributed by atoms with Gasteiger partial charge in [0.1, 0.15) is 12.0 Å². The number of benzene rings is 5. The highest BCUT2D eigenvalue weighted by molar-refractivity contribution is 6.26. The lowest BCUT2D eigenvalue weighted by Gasteiger charge is -2.47. The van der Waals surface area contributed by atoms with Crippen molar-refractivity contribution >= 4 is 73.0 Å². The highest BCUT2D eigenvalue weighted by Gasteiger charge is 2.64. The number of hydrogen-bond donors (Lipinski definition) is 1. The Balaban J connectivity index is 1.50. The highest BCUT2D eigenvalue weighted by Crippen LogP contribution is 2.51. The van der Waals surface area contributed by atoms with Gasteiger partial charge in [-0.05, 0) is 120 Å². The van der Waals surface area contributed by atoms with Crippen LogP contribution >= 0.6 is 0 Å². The zero-order chi connectivity index (χ0) is 48.8. The SMILES string of the molecule is CCC(CC)(NC(=O)Cc1ccc2ccc3cccc4ccc1c2c34)C(=O)C(CC)(CC)C(=O)C(CC)(CC)C(=O)C(CC)(CC)C(=O)C(CC)(CC)C(=O)OCc1ccc([N+](=O)[O-])cc1. The van der Waals surface area contributed by atoms with Gasteiger partial charge < -0.3 is 10.1 Å². The second kappa shape index (κ2) is 20.4. The molecule has 5 aromatic rings. The van der Waals surface area contributed by atoms with Crippen LogP contribution in [0.2, 0.25) is 0 Å². The Morgan fingerprint density at radius 3 is 1.39 bits per heavy atom. The number of nitrogens with zero attached hydrogens (tertiary/aromatic N) is 1. The first kappa shape index (κ1) is 51.1. The summed E-state index contributed by atoms with van der Waals surface area (Å²) >= 11 is 0. The van der Waals surface area contributed by atoms with E-state index in [0.29, 0.717) is 5.56 Å². The van der Waals surface area contributed by atoms with E-state index in [1.165, 1.54) is 24.3 Å². The van der Waals surface area contributed by atoms with Gasteiger partial charge in [-0.15, -0.1) is 0 Å². The number of ether oxygens (including phenoxy) is 1. The third-order valence-electron chi connectivity index (χ3n) is 15.8.